The highest BCUT2D eigenvalue weighted by Crippen LogP contribution is 2.04. The van der Waals surface area contributed by atoms with Crippen LogP contribution in [0.2, 0.25) is 0 Å². The smallest absolute Gasteiger partial charge is 0.0522 e. The van der Waals surface area contributed by atoms with Gasteiger partial charge >= 0.3 is 0 Å². The van der Waals surface area contributed by atoms with Crippen molar-refractivity contribution in [1.82, 2.24) is 9.78 Å². The van der Waals surface area contributed by atoms with Crippen LogP contribution in [0.4, 0.5) is 0 Å². The second-order valence-electron chi connectivity index (χ2n) is 3.62. The Kier molecular flexibility index (Phi) is 4.62. The molecule has 0 aliphatic rings. The predicted octanol–water partition coefficient (Wildman–Crippen LogP) is 0.716. The maximum atomic E-state index is 5.96. The van der Waals surface area contributed by atoms with E-state index in [1.165, 1.54) is 5.56 Å². The molecule has 1 aromatic heterocycles. The van der Waals surface area contributed by atoms with Crippen molar-refractivity contribution in [2.45, 2.75) is 25.3 Å². The van der Waals surface area contributed by atoms with Gasteiger partial charge in [-0.05, 0) is 24.8 Å². The van der Waals surface area contributed by atoms with E-state index in [1.54, 1.807) is 11.8 Å². The first-order valence-electron chi connectivity index (χ1n) is 4.94. The monoisotopic (exact) mass is 197 g/mol. The van der Waals surface area contributed by atoms with Gasteiger partial charge in [-0.15, -0.1) is 0 Å². The molecule has 0 fully saturated rings. The lowest BCUT2D eigenvalue weighted by Crippen LogP contribution is -2.22. The number of nitrogens with zero attached hydrogens (tertiary/aromatic N) is 2. The summed E-state index contributed by atoms with van der Waals surface area (Å²) in [5.74, 6) is 0. The molecule has 0 saturated heterocycles. The molecule has 14 heavy (non-hydrogen) atoms. The van der Waals surface area contributed by atoms with Crippen LogP contribution in [-0.2, 0) is 18.2 Å². The van der Waals surface area contributed by atoms with E-state index >= 15 is 0 Å². The minimum Gasteiger partial charge on any atom is -0.385 e. The van der Waals surface area contributed by atoms with Gasteiger partial charge in [0.05, 0.1) is 6.20 Å². The second kappa shape index (κ2) is 5.78. The van der Waals surface area contributed by atoms with Crippen molar-refractivity contribution in [3.63, 3.8) is 0 Å². The molecule has 0 amide bonds. The summed E-state index contributed by atoms with van der Waals surface area (Å²) < 4.78 is 6.78. The lowest BCUT2D eigenvalue weighted by atomic mass is 10.1. The van der Waals surface area contributed by atoms with Crippen LogP contribution in [0, 0.1) is 0 Å². The summed E-state index contributed by atoms with van der Waals surface area (Å²) in [5, 5.41) is 4.10. The second-order valence-corrected chi connectivity index (χ2v) is 3.62. The number of hydrogen-bond acceptors (Lipinski definition) is 3. The van der Waals surface area contributed by atoms with Gasteiger partial charge in [0.1, 0.15) is 0 Å². The van der Waals surface area contributed by atoms with Gasteiger partial charge < -0.3 is 10.5 Å². The summed E-state index contributed by atoms with van der Waals surface area (Å²) >= 11 is 0. The maximum absolute atomic E-state index is 5.96. The zero-order valence-electron chi connectivity index (χ0n) is 8.94. The number of aryl methyl sites for hydroxylation is 1. The van der Waals surface area contributed by atoms with Crippen molar-refractivity contribution in [2.24, 2.45) is 12.8 Å². The van der Waals surface area contributed by atoms with Gasteiger partial charge in [-0.2, -0.15) is 5.10 Å². The molecule has 0 bridgehead atoms. The molecule has 1 atom stereocenters. The van der Waals surface area contributed by atoms with Crippen LogP contribution in [0.1, 0.15) is 18.4 Å². The van der Waals surface area contributed by atoms with Gasteiger partial charge in [0, 0.05) is 33.0 Å². The van der Waals surface area contributed by atoms with Crippen LogP contribution in [0.15, 0.2) is 12.4 Å². The lowest BCUT2D eigenvalue weighted by molar-refractivity contribution is 0.190. The maximum Gasteiger partial charge on any atom is 0.0522 e. The highest BCUT2D eigenvalue weighted by molar-refractivity contribution is 5.05. The van der Waals surface area contributed by atoms with Gasteiger partial charge in [0.2, 0.25) is 0 Å². The van der Waals surface area contributed by atoms with E-state index in [-0.39, 0.29) is 6.04 Å². The van der Waals surface area contributed by atoms with Crippen LogP contribution in [0.25, 0.3) is 0 Å². The Morgan fingerprint density at radius 1 is 1.64 bits per heavy atom. The minimum absolute atomic E-state index is 0.217. The van der Waals surface area contributed by atoms with Crippen molar-refractivity contribution < 1.29 is 4.74 Å². The van der Waals surface area contributed by atoms with E-state index in [2.05, 4.69) is 5.10 Å². The molecule has 1 heterocycles. The Morgan fingerprint density at radius 3 is 3.00 bits per heavy atom. The SMILES string of the molecule is COCCCC(N)Cc1cnn(C)c1. The van der Waals surface area contributed by atoms with E-state index in [4.69, 9.17) is 10.5 Å². The van der Waals surface area contributed by atoms with Crippen LogP contribution in [-0.4, -0.2) is 29.5 Å². The summed E-state index contributed by atoms with van der Waals surface area (Å²) in [4.78, 5) is 0. The summed E-state index contributed by atoms with van der Waals surface area (Å²) in [7, 11) is 3.63. The van der Waals surface area contributed by atoms with Crippen molar-refractivity contribution >= 4 is 0 Å². The third kappa shape index (κ3) is 3.89. The normalized spacial score (nSPS) is 13.1. The summed E-state index contributed by atoms with van der Waals surface area (Å²) in [6.07, 6.45) is 6.81. The molecule has 1 aromatic rings. The first-order chi connectivity index (χ1) is 6.72. The minimum atomic E-state index is 0.217. The average Bonchev–Trinajstić information content (AvgIpc) is 2.52. The molecule has 4 heteroatoms. The standard InChI is InChI=1S/C10H19N3O/c1-13-8-9(7-12-13)6-10(11)4-3-5-14-2/h7-8,10H,3-6,11H2,1-2H3. The Morgan fingerprint density at radius 2 is 2.43 bits per heavy atom. The topological polar surface area (TPSA) is 53.1 Å². The van der Waals surface area contributed by atoms with Gasteiger partial charge in [0.15, 0.2) is 0 Å². The van der Waals surface area contributed by atoms with E-state index in [0.717, 1.165) is 25.9 Å². The largest absolute Gasteiger partial charge is 0.385 e. The fourth-order valence-electron chi connectivity index (χ4n) is 1.47. The number of rotatable bonds is 6. The van der Waals surface area contributed by atoms with Crippen molar-refractivity contribution in [3.05, 3.63) is 18.0 Å². The number of hydrogen-bond donors (Lipinski definition) is 1. The molecule has 1 rings (SSSR count). The molecular weight excluding hydrogens is 178 g/mol. The molecule has 0 spiro atoms. The van der Waals surface area contributed by atoms with E-state index in [0.29, 0.717) is 0 Å². The quantitative estimate of drug-likeness (QED) is 0.684. The van der Waals surface area contributed by atoms with Gasteiger partial charge in [0.25, 0.3) is 0 Å². The first kappa shape index (κ1) is 11.2. The summed E-state index contributed by atoms with van der Waals surface area (Å²) in [6.45, 7) is 0.792. The van der Waals surface area contributed by atoms with Crippen LogP contribution in [0.5, 0.6) is 0 Å². The molecule has 0 aliphatic carbocycles. The highest BCUT2D eigenvalue weighted by atomic mass is 16.5. The number of nitrogens with two attached hydrogens (primary N) is 1. The average molecular weight is 197 g/mol. The van der Waals surface area contributed by atoms with Crippen molar-refractivity contribution in [1.29, 1.82) is 0 Å². The third-order valence-electron chi connectivity index (χ3n) is 2.18. The third-order valence-corrected chi connectivity index (χ3v) is 2.18. The molecule has 2 N–H and O–H groups in total. The van der Waals surface area contributed by atoms with E-state index < -0.39 is 0 Å². The predicted molar refractivity (Wildman–Crippen MR) is 56.0 cm³/mol. The van der Waals surface area contributed by atoms with Gasteiger partial charge in [-0.25, -0.2) is 0 Å². The van der Waals surface area contributed by atoms with Crippen LogP contribution in [0.3, 0.4) is 0 Å². The van der Waals surface area contributed by atoms with Crippen LogP contribution < -0.4 is 5.73 Å². The fourth-order valence-corrected chi connectivity index (χ4v) is 1.47. The van der Waals surface area contributed by atoms with Gasteiger partial charge in [-0.3, -0.25) is 4.68 Å². The molecular formula is C10H19N3O. The molecule has 0 saturated carbocycles. The highest BCUT2D eigenvalue weighted by Gasteiger charge is 2.05. The number of ether oxygens (including phenoxy) is 1. The molecule has 0 aromatic carbocycles. The zero-order chi connectivity index (χ0) is 10.4. The van der Waals surface area contributed by atoms with E-state index in [1.807, 2.05) is 19.4 Å². The lowest BCUT2D eigenvalue weighted by Gasteiger charge is -2.09. The van der Waals surface area contributed by atoms with Crippen molar-refractivity contribution in [3.8, 4) is 0 Å². The Labute approximate surface area is 85.0 Å². The number of methoxy groups -OCH3 is 1. The summed E-state index contributed by atoms with van der Waals surface area (Å²) in [6, 6.07) is 0.217. The molecule has 4 nitrogen and oxygen atoms in total. The molecule has 0 radical (unpaired) electrons. The van der Waals surface area contributed by atoms with E-state index in [9.17, 15) is 0 Å². The first-order valence-corrected chi connectivity index (χ1v) is 4.94. The summed E-state index contributed by atoms with van der Waals surface area (Å²) in [5.41, 5.74) is 7.17. The molecule has 80 valence electrons. The Hall–Kier alpha value is -0.870. The number of aromatic nitrogens is 2. The molecule has 0 aliphatic heterocycles. The Balaban J connectivity index is 2.23. The fraction of sp³-hybridized carbons (Fsp3) is 0.700. The van der Waals surface area contributed by atoms with Crippen LogP contribution >= 0.6 is 0 Å². The Bertz CT molecular complexity index is 260. The molecule has 1 unspecified atom stereocenters. The van der Waals surface area contributed by atoms with Crippen molar-refractivity contribution in [2.75, 3.05) is 13.7 Å². The van der Waals surface area contributed by atoms with Gasteiger partial charge in [-0.1, -0.05) is 0 Å². The zero-order valence-corrected chi connectivity index (χ0v) is 8.94.